The Balaban J connectivity index is 1.90. The summed E-state index contributed by atoms with van der Waals surface area (Å²) >= 11 is 0. The summed E-state index contributed by atoms with van der Waals surface area (Å²) < 4.78 is 5.97. The van der Waals surface area contributed by atoms with Crippen LogP contribution in [0.15, 0.2) is 30.3 Å². The Labute approximate surface area is 106 Å². The van der Waals surface area contributed by atoms with Gasteiger partial charge in [0.05, 0.1) is 12.6 Å². The highest BCUT2D eigenvalue weighted by Gasteiger charge is 2.46. The lowest BCUT2D eigenvalue weighted by molar-refractivity contribution is -0.143. The van der Waals surface area contributed by atoms with Gasteiger partial charge in [-0.15, -0.1) is 0 Å². The molecule has 18 heavy (non-hydrogen) atoms. The van der Waals surface area contributed by atoms with Gasteiger partial charge in [-0.25, -0.2) is 0 Å². The van der Waals surface area contributed by atoms with Crippen LogP contribution in [0.5, 0.6) is 0 Å². The molecule has 3 atom stereocenters. The highest BCUT2D eigenvalue weighted by atomic mass is 16.5. The van der Waals surface area contributed by atoms with Gasteiger partial charge in [-0.05, 0) is 18.4 Å². The van der Waals surface area contributed by atoms with Gasteiger partial charge < -0.3 is 14.7 Å². The van der Waals surface area contributed by atoms with E-state index in [1.807, 2.05) is 30.3 Å². The third-order valence-electron chi connectivity index (χ3n) is 3.77. The molecule has 4 nitrogen and oxygen atoms in total. The quantitative estimate of drug-likeness (QED) is 0.860. The van der Waals surface area contributed by atoms with Crippen molar-refractivity contribution in [3.63, 3.8) is 0 Å². The van der Waals surface area contributed by atoms with Gasteiger partial charge in [-0.2, -0.15) is 0 Å². The van der Waals surface area contributed by atoms with Crippen molar-refractivity contribution in [2.24, 2.45) is 0 Å². The van der Waals surface area contributed by atoms with Crippen molar-refractivity contribution in [2.45, 2.75) is 37.6 Å². The highest BCUT2D eigenvalue weighted by molar-refractivity contribution is 5.78. The smallest absolute Gasteiger partial charge is 0.225 e. The minimum absolute atomic E-state index is 0.0538. The van der Waals surface area contributed by atoms with Crippen LogP contribution in [0.1, 0.15) is 30.9 Å². The summed E-state index contributed by atoms with van der Waals surface area (Å²) in [6.45, 7) is -0.0538. The van der Waals surface area contributed by atoms with E-state index in [0.29, 0.717) is 6.42 Å². The predicted octanol–water partition coefficient (Wildman–Crippen LogP) is 1.46. The van der Waals surface area contributed by atoms with Gasteiger partial charge in [0.2, 0.25) is 5.91 Å². The predicted molar refractivity (Wildman–Crippen MR) is 65.6 cm³/mol. The minimum Gasteiger partial charge on any atom is -0.394 e. The van der Waals surface area contributed by atoms with Crippen molar-refractivity contribution < 1.29 is 14.6 Å². The first kappa shape index (κ1) is 11.7. The molecule has 0 saturated carbocycles. The lowest BCUT2D eigenvalue weighted by Gasteiger charge is -2.31. The first-order valence-corrected chi connectivity index (χ1v) is 6.43. The molecule has 2 heterocycles. The van der Waals surface area contributed by atoms with Crippen LogP contribution in [0, 0.1) is 0 Å². The number of hydrogen-bond acceptors (Lipinski definition) is 3. The Kier molecular flexibility index (Phi) is 3.06. The molecular formula is C14H17NO3. The number of rotatable bonds is 2. The first-order chi connectivity index (χ1) is 8.81. The molecule has 0 bridgehead atoms. The van der Waals surface area contributed by atoms with Gasteiger partial charge in [0.1, 0.15) is 12.3 Å². The van der Waals surface area contributed by atoms with Crippen molar-refractivity contribution in [1.29, 1.82) is 0 Å². The zero-order chi connectivity index (χ0) is 12.5. The lowest BCUT2D eigenvalue weighted by atomic mass is 10.0. The van der Waals surface area contributed by atoms with Crippen LogP contribution in [0.2, 0.25) is 0 Å². The number of carbonyl (C=O) groups is 1. The number of ether oxygens (including phenoxy) is 1. The molecular weight excluding hydrogens is 230 g/mol. The standard InChI is InChI=1S/C14H17NO3/c16-9-11-14(10-5-2-1-3-6-10)18-13-8-4-7-12(17)15(11)13/h1-3,5-6,11,13-14,16H,4,7-9H2/t11-,13+,14-/m1/s1. The Morgan fingerprint density at radius 3 is 2.83 bits per heavy atom. The van der Waals surface area contributed by atoms with Crippen molar-refractivity contribution in [3.8, 4) is 0 Å². The largest absolute Gasteiger partial charge is 0.394 e. The van der Waals surface area contributed by atoms with Gasteiger partial charge in [0.25, 0.3) is 0 Å². The molecule has 3 rings (SSSR count). The molecule has 0 aliphatic carbocycles. The van der Waals surface area contributed by atoms with Crippen LogP contribution in [0.3, 0.4) is 0 Å². The van der Waals surface area contributed by atoms with Crippen molar-refractivity contribution in [1.82, 2.24) is 4.90 Å². The first-order valence-electron chi connectivity index (χ1n) is 6.43. The summed E-state index contributed by atoms with van der Waals surface area (Å²) in [5.74, 6) is 0.101. The summed E-state index contributed by atoms with van der Waals surface area (Å²) in [4.78, 5) is 13.7. The number of piperidine rings is 1. The maximum Gasteiger partial charge on any atom is 0.225 e. The average Bonchev–Trinajstić information content (AvgIpc) is 2.79. The van der Waals surface area contributed by atoms with Gasteiger partial charge in [0.15, 0.2) is 0 Å². The third kappa shape index (κ3) is 1.82. The molecule has 2 saturated heterocycles. The number of hydrogen-bond donors (Lipinski definition) is 1. The van der Waals surface area contributed by atoms with Crippen LogP contribution < -0.4 is 0 Å². The molecule has 1 amide bonds. The number of amides is 1. The van der Waals surface area contributed by atoms with E-state index < -0.39 is 0 Å². The Morgan fingerprint density at radius 1 is 1.33 bits per heavy atom. The number of carbonyl (C=O) groups excluding carboxylic acids is 1. The summed E-state index contributed by atoms with van der Waals surface area (Å²) in [7, 11) is 0. The molecule has 2 aliphatic heterocycles. The van der Waals surface area contributed by atoms with Crippen LogP contribution in [-0.2, 0) is 9.53 Å². The third-order valence-corrected chi connectivity index (χ3v) is 3.77. The average molecular weight is 247 g/mol. The highest BCUT2D eigenvalue weighted by Crippen LogP contribution is 2.39. The lowest BCUT2D eigenvalue weighted by Crippen LogP contribution is -2.46. The molecule has 96 valence electrons. The van der Waals surface area contributed by atoms with Crippen molar-refractivity contribution in [3.05, 3.63) is 35.9 Å². The molecule has 0 unspecified atom stereocenters. The number of aliphatic hydroxyl groups excluding tert-OH is 1. The van der Waals surface area contributed by atoms with E-state index in [9.17, 15) is 9.90 Å². The fourth-order valence-electron chi connectivity index (χ4n) is 2.92. The molecule has 2 fully saturated rings. The summed E-state index contributed by atoms with van der Waals surface area (Å²) in [5, 5.41) is 9.58. The monoisotopic (exact) mass is 247 g/mol. The number of aliphatic hydroxyl groups is 1. The van der Waals surface area contributed by atoms with Gasteiger partial charge in [-0.3, -0.25) is 4.79 Å². The minimum atomic E-state index is -0.245. The van der Waals surface area contributed by atoms with Gasteiger partial charge in [-0.1, -0.05) is 30.3 Å². The Hall–Kier alpha value is -1.39. The summed E-state index contributed by atoms with van der Waals surface area (Å²) in [6.07, 6.45) is 1.94. The van der Waals surface area contributed by atoms with E-state index in [1.54, 1.807) is 4.90 Å². The molecule has 4 heteroatoms. The molecule has 2 aliphatic rings. The van der Waals surface area contributed by atoms with Crippen molar-refractivity contribution >= 4 is 5.91 Å². The van der Waals surface area contributed by atoms with Crippen LogP contribution in [-0.4, -0.2) is 34.8 Å². The van der Waals surface area contributed by atoms with E-state index in [2.05, 4.69) is 0 Å². The summed E-state index contributed by atoms with van der Waals surface area (Å²) in [6, 6.07) is 9.57. The maximum atomic E-state index is 12.0. The Morgan fingerprint density at radius 2 is 2.11 bits per heavy atom. The molecule has 0 radical (unpaired) electrons. The van der Waals surface area contributed by atoms with Gasteiger partial charge >= 0.3 is 0 Å². The van der Waals surface area contributed by atoms with E-state index in [4.69, 9.17) is 4.74 Å². The van der Waals surface area contributed by atoms with E-state index in [-0.39, 0.29) is 30.9 Å². The van der Waals surface area contributed by atoms with Crippen LogP contribution >= 0.6 is 0 Å². The van der Waals surface area contributed by atoms with Crippen LogP contribution in [0.4, 0.5) is 0 Å². The molecule has 1 aromatic carbocycles. The molecule has 1 N–H and O–H groups in total. The normalized spacial score (nSPS) is 31.5. The zero-order valence-electron chi connectivity index (χ0n) is 10.2. The molecule has 1 aromatic rings. The number of fused-ring (bicyclic) bond motifs is 1. The Bertz CT molecular complexity index is 434. The van der Waals surface area contributed by atoms with Crippen LogP contribution in [0.25, 0.3) is 0 Å². The van der Waals surface area contributed by atoms with Gasteiger partial charge in [0, 0.05) is 6.42 Å². The molecule has 0 aromatic heterocycles. The second kappa shape index (κ2) is 4.71. The fourth-order valence-corrected chi connectivity index (χ4v) is 2.92. The zero-order valence-corrected chi connectivity index (χ0v) is 10.2. The molecule has 0 spiro atoms. The second-order valence-corrected chi connectivity index (χ2v) is 4.87. The SMILES string of the molecule is O=C1CCC[C@@H]2O[C@H](c3ccccc3)[C@@H](CO)N12. The maximum absolute atomic E-state index is 12.0. The van der Waals surface area contributed by atoms with Crippen molar-refractivity contribution in [2.75, 3.05) is 6.61 Å². The van der Waals surface area contributed by atoms with E-state index in [0.717, 1.165) is 18.4 Å². The topological polar surface area (TPSA) is 49.8 Å². The van der Waals surface area contributed by atoms with E-state index >= 15 is 0 Å². The fraction of sp³-hybridized carbons (Fsp3) is 0.500. The number of benzene rings is 1. The summed E-state index contributed by atoms with van der Waals surface area (Å²) in [5.41, 5.74) is 1.03. The van der Waals surface area contributed by atoms with E-state index in [1.165, 1.54) is 0 Å². The second-order valence-electron chi connectivity index (χ2n) is 4.87. The number of nitrogens with zero attached hydrogens (tertiary/aromatic N) is 1.